The molecule has 0 saturated heterocycles. The average molecular weight is 372 g/mol. The fourth-order valence-electron chi connectivity index (χ4n) is 1.99. The normalized spacial score (nSPS) is 10.8. The Bertz CT molecular complexity index is 493. The Morgan fingerprint density at radius 2 is 1.84 bits per heavy atom. The van der Waals surface area contributed by atoms with Gasteiger partial charge in [-0.05, 0) is 0 Å². The van der Waals surface area contributed by atoms with E-state index in [0.29, 0.717) is 0 Å². The number of benzene rings is 1. The van der Waals surface area contributed by atoms with Crippen LogP contribution in [0.2, 0.25) is 0 Å². The largest absolute Gasteiger partial charge is 2.00 e. The van der Waals surface area contributed by atoms with Gasteiger partial charge in [0.1, 0.15) is 0 Å². The number of halogens is 2. The van der Waals surface area contributed by atoms with Gasteiger partial charge in [0.05, 0.1) is 0 Å². The van der Waals surface area contributed by atoms with E-state index in [1.54, 1.807) is 0 Å². The molecule has 0 heterocycles. The van der Waals surface area contributed by atoms with E-state index >= 15 is 0 Å². The molecule has 0 unspecified atom stereocenters. The van der Waals surface area contributed by atoms with E-state index in [2.05, 4.69) is 56.3 Å². The van der Waals surface area contributed by atoms with Crippen molar-refractivity contribution in [2.24, 2.45) is 0 Å². The maximum absolute atomic E-state index is 2.99. The molecule has 0 N–H and O–H groups in total. The smallest absolute Gasteiger partial charge is 0.273 e. The van der Waals surface area contributed by atoms with Crippen molar-refractivity contribution in [3.05, 3.63) is 65.8 Å². The molecule has 3 rings (SSSR count). The summed E-state index contributed by atoms with van der Waals surface area (Å²) in [6, 6.07) is 10.8. The molecule has 2 aromatic rings. The van der Waals surface area contributed by atoms with Gasteiger partial charge >= 0.3 is 26.2 Å². The molecule has 0 saturated carbocycles. The van der Waals surface area contributed by atoms with E-state index in [1.165, 1.54) is 21.9 Å². The van der Waals surface area contributed by atoms with Crippen LogP contribution >= 0.6 is 24.8 Å². The van der Waals surface area contributed by atoms with Crippen LogP contribution in [0.5, 0.6) is 0 Å². The minimum atomic E-state index is 0. The predicted octanol–water partition coefficient (Wildman–Crippen LogP) is 5.32. The summed E-state index contributed by atoms with van der Waals surface area (Å²) in [5.41, 5.74) is 2.77. The van der Waals surface area contributed by atoms with Gasteiger partial charge in [0.15, 0.2) is 0 Å². The van der Waals surface area contributed by atoms with Gasteiger partial charge in [-0.3, -0.25) is 6.08 Å². The summed E-state index contributed by atoms with van der Waals surface area (Å²) >= 11 is 0. The molecule has 0 atom stereocenters. The third-order valence-corrected chi connectivity index (χ3v) is 2.80. The maximum Gasteiger partial charge on any atom is 2.00 e. The Labute approximate surface area is 147 Å². The summed E-state index contributed by atoms with van der Waals surface area (Å²) < 4.78 is 0. The molecule has 0 radical (unpaired) electrons. The molecule has 19 heavy (non-hydrogen) atoms. The first-order valence-corrected chi connectivity index (χ1v) is 5.62. The molecular formula is C16H18Cl2Zr. The molecule has 1 aliphatic rings. The van der Waals surface area contributed by atoms with Gasteiger partial charge in [-0.1, -0.05) is 19.9 Å². The van der Waals surface area contributed by atoms with Gasteiger partial charge in [-0.25, -0.2) is 12.2 Å². The van der Waals surface area contributed by atoms with Crippen LogP contribution in [0, 0.1) is 19.9 Å². The standard InChI is InChI=1S/C11H11.C5H5.2ClH.Zr/c1-8-7-9(2)11-6-4-3-5-10(8)11;1-2-4-5-3-1;;;/h3-7H,1-2H3;1-3H,4H2;2*1H;/q2*-1;;;+2. The summed E-state index contributed by atoms with van der Waals surface area (Å²) in [5, 5.41) is 2.79. The molecule has 0 aromatic heterocycles. The zero-order valence-corrected chi connectivity index (χ0v) is 15.2. The molecule has 100 valence electrons. The number of fused-ring (bicyclic) bond motifs is 1. The van der Waals surface area contributed by atoms with Gasteiger partial charge in [-0.2, -0.15) is 11.6 Å². The molecule has 0 aliphatic heterocycles. The first-order valence-electron chi connectivity index (χ1n) is 5.62. The second-order valence-electron chi connectivity index (χ2n) is 4.06. The summed E-state index contributed by atoms with van der Waals surface area (Å²) in [7, 11) is 0. The van der Waals surface area contributed by atoms with Gasteiger partial charge in [0.2, 0.25) is 0 Å². The number of allylic oxidation sites excluding steroid dienone is 4. The van der Waals surface area contributed by atoms with E-state index in [0.717, 1.165) is 6.42 Å². The molecule has 0 spiro atoms. The van der Waals surface area contributed by atoms with Crippen molar-refractivity contribution < 1.29 is 26.2 Å². The fourth-order valence-corrected chi connectivity index (χ4v) is 1.99. The van der Waals surface area contributed by atoms with Crippen molar-refractivity contribution in [3.8, 4) is 0 Å². The summed E-state index contributed by atoms with van der Waals surface area (Å²) in [6.07, 6.45) is 10.0. The van der Waals surface area contributed by atoms with Crippen LogP contribution in [0.25, 0.3) is 10.8 Å². The molecule has 0 amide bonds. The van der Waals surface area contributed by atoms with E-state index in [4.69, 9.17) is 0 Å². The number of aryl methyl sites for hydroxylation is 2. The third kappa shape index (κ3) is 5.73. The quantitative estimate of drug-likeness (QED) is 0.549. The van der Waals surface area contributed by atoms with Crippen LogP contribution in [-0.2, 0) is 26.2 Å². The summed E-state index contributed by atoms with van der Waals surface area (Å²) in [5.74, 6) is 0. The van der Waals surface area contributed by atoms with Gasteiger partial charge in [-0.15, -0.1) is 71.8 Å². The second kappa shape index (κ2) is 10.5. The van der Waals surface area contributed by atoms with Crippen molar-refractivity contribution in [2.75, 3.05) is 0 Å². The maximum atomic E-state index is 2.99. The van der Waals surface area contributed by atoms with Crippen molar-refractivity contribution >= 4 is 35.6 Å². The molecule has 0 bridgehead atoms. The number of hydrogen-bond acceptors (Lipinski definition) is 0. The zero-order valence-electron chi connectivity index (χ0n) is 11.1. The fraction of sp³-hybridized carbons (Fsp3) is 0.188. The molecule has 0 fully saturated rings. The van der Waals surface area contributed by atoms with E-state index in [-0.39, 0.29) is 51.0 Å². The van der Waals surface area contributed by atoms with Crippen LogP contribution in [0.4, 0.5) is 0 Å². The third-order valence-electron chi connectivity index (χ3n) is 2.80. The van der Waals surface area contributed by atoms with Crippen molar-refractivity contribution in [2.45, 2.75) is 20.3 Å². The summed E-state index contributed by atoms with van der Waals surface area (Å²) in [4.78, 5) is 0. The van der Waals surface area contributed by atoms with E-state index in [9.17, 15) is 0 Å². The Morgan fingerprint density at radius 3 is 2.32 bits per heavy atom. The minimum Gasteiger partial charge on any atom is -0.273 e. The Kier molecular flexibility index (Phi) is 11.7. The van der Waals surface area contributed by atoms with E-state index < -0.39 is 0 Å². The van der Waals surface area contributed by atoms with Crippen molar-refractivity contribution in [1.29, 1.82) is 0 Å². The Hall–Kier alpha value is -0.227. The first kappa shape index (κ1) is 21.1. The monoisotopic (exact) mass is 370 g/mol. The van der Waals surface area contributed by atoms with Crippen LogP contribution in [0.3, 0.4) is 0 Å². The number of rotatable bonds is 0. The molecular weight excluding hydrogens is 354 g/mol. The second-order valence-corrected chi connectivity index (χ2v) is 4.06. The molecule has 2 aromatic carbocycles. The molecule has 3 heteroatoms. The van der Waals surface area contributed by atoms with Crippen molar-refractivity contribution in [1.82, 2.24) is 0 Å². The van der Waals surface area contributed by atoms with Crippen molar-refractivity contribution in [3.63, 3.8) is 0 Å². The number of hydrogen-bond donors (Lipinski definition) is 0. The van der Waals surface area contributed by atoms with Crippen LogP contribution in [0.15, 0.2) is 48.6 Å². The molecule has 1 aliphatic carbocycles. The average Bonchev–Trinajstić information content (AvgIpc) is 2.94. The molecule has 0 nitrogen and oxygen atoms in total. The van der Waals surface area contributed by atoms with Gasteiger partial charge < -0.3 is 0 Å². The van der Waals surface area contributed by atoms with Crippen LogP contribution in [-0.4, -0.2) is 0 Å². The summed E-state index contributed by atoms with van der Waals surface area (Å²) in [6.45, 7) is 4.32. The van der Waals surface area contributed by atoms with Gasteiger partial charge in [0, 0.05) is 0 Å². The topological polar surface area (TPSA) is 0 Å². The Balaban J connectivity index is 0. The SMILES string of the molecule is Cc1c[c-](C)c2ccccc12.Cl.Cl.[C-]1=CC=CC1.[Zr+2]. The van der Waals surface area contributed by atoms with Crippen LogP contribution < -0.4 is 0 Å². The van der Waals surface area contributed by atoms with E-state index in [1.807, 2.05) is 12.2 Å². The predicted molar refractivity (Wildman–Crippen MR) is 85.1 cm³/mol. The van der Waals surface area contributed by atoms with Crippen LogP contribution in [0.1, 0.15) is 17.5 Å². The minimum absolute atomic E-state index is 0. The van der Waals surface area contributed by atoms with Gasteiger partial charge in [0.25, 0.3) is 0 Å². The zero-order chi connectivity index (χ0) is 11.4. The Morgan fingerprint density at radius 1 is 1.16 bits per heavy atom. The first-order chi connectivity index (χ1) is 7.79.